The van der Waals surface area contributed by atoms with E-state index in [1.54, 1.807) is 0 Å². The Morgan fingerprint density at radius 2 is 1.00 bits per heavy atom. The maximum absolute atomic E-state index is 8.65. The van der Waals surface area contributed by atoms with E-state index >= 15 is 0 Å². The molecule has 0 saturated carbocycles. The predicted molar refractivity (Wildman–Crippen MR) is 40.2 cm³/mol. The van der Waals surface area contributed by atoms with Gasteiger partial charge in [-0.2, -0.15) is 0 Å². The summed E-state index contributed by atoms with van der Waals surface area (Å²) >= 11 is 0. The van der Waals surface area contributed by atoms with Crippen LogP contribution in [-0.4, -0.2) is 27.7 Å². The van der Waals surface area contributed by atoms with Crippen molar-refractivity contribution < 1.29 is 86.9 Å². The van der Waals surface area contributed by atoms with Crippen LogP contribution in [0.3, 0.4) is 0 Å². The third kappa shape index (κ3) is 20.7. The number of hydrogen-bond acceptors (Lipinski definition) is 6. The molecule has 6 nitrogen and oxygen atoms in total. The monoisotopic (exact) mass is 252 g/mol. The van der Waals surface area contributed by atoms with Gasteiger partial charge >= 0.3 is 59.1 Å². The van der Waals surface area contributed by atoms with E-state index in [4.69, 9.17) is 27.7 Å². The smallest absolute Gasteiger partial charge is 0.759 e. The molecule has 0 amide bonds. The molecule has 2 N–H and O–H groups in total. The molecule has 0 radical (unpaired) electrons. The van der Waals surface area contributed by atoms with Gasteiger partial charge in [-0.15, -0.1) is 0 Å². The van der Waals surface area contributed by atoms with Crippen LogP contribution in [-0.2, 0) is 10.4 Å². The average Bonchev–Trinajstić information content (AvgIpc) is 1.92. The zero-order valence-electron chi connectivity index (χ0n) is 8.25. The Labute approximate surface area is 131 Å². The largest absolute Gasteiger partial charge is 1.00 e. The molecule has 0 aliphatic heterocycles. The van der Waals surface area contributed by atoms with Crippen LogP contribution < -0.4 is 59.1 Å². The standard InChI is InChI=1S/C6H6O2.2Na.H2O4S/c7-5-1-2-6(8)4-3-5;;;1-5(2,3)4/h1-4,7-8H;;;(H2,1,2,3,4)/q;2*+1;/p-2. The molecule has 0 aliphatic carbocycles. The Morgan fingerprint density at radius 1 is 0.867 bits per heavy atom. The molecule has 1 rings (SSSR count). The van der Waals surface area contributed by atoms with Crippen LogP contribution in [0.5, 0.6) is 11.5 Å². The van der Waals surface area contributed by atoms with Crippen LogP contribution >= 0.6 is 0 Å². The maximum Gasteiger partial charge on any atom is 1.00 e. The van der Waals surface area contributed by atoms with E-state index in [-0.39, 0.29) is 70.6 Å². The summed E-state index contributed by atoms with van der Waals surface area (Å²) < 4.78 is 34.1. The van der Waals surface area contributed by atoms with Crippen molar-refractivity contribution in [1.29, 1.82) is 0 Å². The molecular weight excluding hydrogens is 246 g/mol. The first-order chi connectivity index (χ1) is 5.79. The summed E-state index contributed by atoms with van der Waals surface area (Å²) in [6, 6.07) is 5.70. The van der Waals surface area contributed by atoms with Crippen LogP contribution in [0, 0.1) is 0 Å². The molecule has 0 spiro atoms. The molecule has 0 heterocycles. The fourth-order valence-electron chi connectivity index (χ4n) is 0.453. The van der Waals surface area contributed by atoms with Crippen molar-refractivity contribution in [2.75, 3.05) is 0 Å². The zero-order valence-corrected chi connectivity index (χ0v) is 13.1. The number of rotatable bonds is 0. The summed E-state index contributed by atoms with van der Waals surface area (Å²) in [4.78, 5) is 0. The van der Waals surface area contributed by atoms with Gasteiger partial charge in [0.15, 0.2) is 0 Å². The minimum Gasteiger partial charge on any atom is -0.759 e. The molecule has 0 aliphatic rings. The van der Waals surface area contributed by atoms with Crippen LogP contribution in [0.15, 0.2) is 24.3 Å². The third-order valence-corrected chi connectivity index (χ3v) is 0.850. The molecule has 74 valence electrons. The normalized spacial score (nSPS) is 8.67. The fraction of sp³-hybridized carbons (Fsp3) is 0. The summed E-state index contributed by atoms with van der Waals surface area (Å²) in [6.07, 6.45) is 0. The Morgan fingerprint density at radius 3 is 1.13 bits per heavy atom. The molecular formula is C6H6Na2O6S. The molecule has 1 aromatic rings. The van der Waals surface area contributed by atoms with Gasteiger partial charge in [-0.1, -0.05) is 0 Å². The zero-order chi connectivity index (χ0) is 10.5. The van der Waals surface area contributed by atoms with Gasteiger partial charge in [0.25, 0.3) is 0 Å². The SMILES string of the molecule is O=S(=O)([O-])[O-].Oc1ccc(O)cc1.[Na+].[Na+]. The molecule has 9 heteroatoms. The van der Waals surface area contributed by atoms with Crippen molar-refractivity contribution >= 4 is 10.4 Å². The number of phenols is 2. The van der Waals surface area contributed by atoms with Crippen molar-refractivity contribution in [2.24, 2.45) is 0 Å². The van der Waals surface area contributed by atoms with E-state index in [2.05, 4.69) is 0 Å². The summed E-state index contributed by atoms with van der Waals surface area (Å²) in [6.45, 7) is 0. The maximum atomic E-state index is 8.65. The van der Waals surface area contributed by atoms with E-state index < -0.39 is 10.4 Å². The van der Waals surface area contributed by atoms with Crippen molar-refractivity contribution in [1.82, 2.24) is 0 Å². The first-order valence-corrected chi connectivity index (χ1v) is 4.27. The van der Waals surface area contributed by atoms with Crippen LogP contribution in [0.1, 0.15) is 0 Å². The van der Waals surface area contributed by atoms with Crippen molar-refractivity contribution in [3.63, 3.8) is 0 Å². The third-order valence-electron chi connectivity index (χ3n) is 0.850. The Kier molecular flexibility index (Phi) is 13.9. The summed E-state index contributed by atoms with van der Waals surface area (Å²) in [5, 5.41) is 17.3. The first kappa shape index (κ1) is 21.0. The summed E-state index contributed by atoms with van der Waals surface area (Å²) in [5.41, 5.74) is 0. The minimum absolute atomic E-state index is 0. The van der Waals surface area contributed by atoms with Gasteiger partial charge in [0, 0.05) is 10.4 Å². The minimum atomic E-state index is -5.17. The molecule has 1 aromatic carbocycles. The average molecular weight is 252 g/mol. The van der Waals surface area contributed by atoms with Gasteiger partial charge < -0.3 is 19.3 Å². The van der Waals surface area contributed by atoms with Crippen molar-refractivity contribution in [3.8, 4) is 11.5 Å². The van der Waals surface area contributed by atoms with Gasteiger partial charge in [0.2, 0.25) is 0 Å². The topological polar surface area (TPSA) is 121 Å². The summed E-state index contributed by atoms with van der Waals surface area (Å²) in [5.74, 6) is 0.339. The van der Waals surface area contributed by atoms with Crippen LogP contribution in [0.2, 0.25) is 0 Å². The summed E-state index contributed by atoms with van der Waals surface area (Å²) in [7, 11) is -5.17. The molecule has 0 saturated heterocycles. The molecule has 0 fully saturated rings. The first-order valence-electron chi connectivity index (χ1n) is 2.94. The van der Waals surface area contributed by atoms with Crippen LogP contribution in [0.25, 0.3) is 0 Å². The molecule has 0 bridgehead atoms. The number of hydrogen-bond donors (Lipinski definition) is 2. The van der Waals surface area contributed by atoms with Crippen molar-refractivity contribution in [2.45, 2.75) is 0 Å². The number of aromatic hydroxyl groups is 2. The Bertz CT molecular complexity index is 319. The predicted octanol–water partition coefficient (Wildman–Crippen LogP) is -6.23. The van der Waals surface area contributed by atoms with E-state index in [1.807, 2.05) is 0 Å². The van der Waals surface area contributed by atoms with Gasteiger partial charge in [0.1, 0.15) is 11.5 Å². The van der Waals surface area contributed by atoms with Crippen LogP contribution in [0.4, 0.5) is 0 Å². The van der Waals surface area contributed by atoms with Gasteiger partial charge in [-0.05, 0) is 24.3 Å². The van der Waals surface area contributed by atoms with E-state index in [0.717, 1.165) is 0 Å². The molecule has 0 atom stereocenters. The Hall–Kier alpha value is 0.690. The van der Waals surface area contributed by atoms with E-state index in [0.29, 0.717) is 0 Å². The van der Waals surface area contributed by atoms with Gasteiger partial charge in [-0.25, -0.2) is 0 Å². The second kappa shape index (κ2) is 9.88. The van der Waals surface area contributed by atoms with E-state index in [1.165, 1.54) is 24.3 Å². The number of benzene rings is 1. The molecule has 0 unspecified atom stereocenters. The number of phenolic OH excluding ortho intramolecular Hbond substituents is 2. The Balaban J connectivity index is -0.000000185. The second-order valence-corrected chi connectivity index (χ2v) is 2.74. The van der Waals surface area contributed by atoms with Gasteiger partial charge in [0.05, 0.1) is 0 Å². The quantitative estimate of drug-likeness (QED) is 0.205. The van der Waals surface area contributed by atoms with Crippen molar-refractivity contribution in [3.05, 3.63) is 24.3 Å². The molecule has 15 heavy (non-hydrogen) atoms. The molecule has 0 aromatic heterocycles. The fourth-order valence-corrected chi connectivity index (χ4v) is 0.453. The van der Waals surface area contributed by atoms with E-state index in [9.17, 15) is 0 Å². The van der Waals surface area contributed by atoms with Gasteiger partial charge in [-0.3, -0.25) is 8.42 Å². The second-order valence-electron chi connectivity index (χ2n) is 1.92.